The van der Waals surface area contributed by atoms with Crippen molar-refractivity contribution in [1.82, 2.24) is 0 Å². The Morgan fingerprint density at radius 2 is 1.18 bits per heavy atom. The fourth-order valence-corrected chi connectivity index (χ4v) is 4.35. The van der Waals surface area contributed by atoms with E-state index in [0.29, 0.717) is 0 Å². The summed E-state index contributed by atoms with van der Waals surface area (Å²) in [5.74, 6) is 0. The zero-order chi connectivity index (χ0) is 22.5. The van der Waals surface area contributed by atoms with Gasteiger partial charge in [-0.3, -0.25) is 0 Å². The minimum absolute atomic E-state index is 1.06. The normalized spacial score (nSPS) is 12.8. The summed E-state index contributed by atoms with van der Waals surface area (Å²) in [6.45, 7) is 0. The average molecular weight is 429 g/mol. The summed E-state index contributed by atoms with van der Waals surface area (Å²) in [6, 6.07) is 38.6. The Morgan fingerprint density at radius 3 is 1.88 bits per heavy atom. The molecular formula is C31H28N2. The zero-order valence-electron chi connectivity index (χ0n) is 18.9. The average Bonchev–Trinajstić information content (AvgIpc) is 2.91. The molecule has 2 nitrogen and oxygen atoms in total. The second-order valence-corrected chi connectivity index (χ2v) is 8.24. The van der Waals surface area contributed by atoms with E-state index in [4.69, 9.17) is 0 Å². The number of para-hydroxylation sites is 2. The molecule has 0 bridgehead atoms. The molecule has 4 aromatic carbocycles. The highest BCUT2D eigenvalue weighted by molar-refractivity contribution is 5.85. The van der Waals surface area contributed by atoms with Crippen LogP contribution in [-0.2, 0) is 0 Å². The maximum Gasteiger partial charge on any atom is 0.0539 e. The molecule has 0 saturated carbocycles. The molecule has 0 saturated heterocycles. The van der Waals surface area contributed by atoms with Crippen LogP contribution in [0.1, 0.15) is 12.8 Å². The first-order valence-electron chi connectivity index (χ1n) is 11.5. The molecule has 1 aliphatic carbocycles. The van der Waals surface area contributed by atoms with Crippen LogP contribution in [0.4, 0.5) is 22.7 Å². The predicted octanol–water partition coefficient (Wildman–Crippen LogP) is 8.49. The molecule has 1 aliphatic rings. The van der Waals surface area contributed by atoms with Crippen LogP contribution < -0.4 is 9.80 Å². The van der Waals surface area contributed by atoms with Crippen LogP contribution in [0.5, 0.6) is 0 Å². The molecule has 0 heterocycles. The largest absolute Gasteiger partial charge is 0.345 e. The third kappa shape index (κ3) is 4.47. The highest BCUT2D eigenvalue weighted by atomic mass is 15.2. The van der Waals surface area contributed by atoms with Gasteiger partial charge < -0.3 is 9.80 Å². The van der Waals surface area contributed by atoms with Crippen molar-refractivity contribution in [2.45, 2.75) is 12.8 Å². The molecule has 0 aliphatic heterocycles. The molecular weight excluding hydrogens is 400 g/mol. The molecule has 0 amide bonds. The van der Waals surface area contributed by atoms with Crippen molar-refractivity contribution in [3.05, 3.63) is 133 Å². The Morgan fingerprint density at radius 1 is 0.576 bits per heavy atom. The van der Waals surface area contributed by atoms with Gasteiger partial charge in [0.25, 0.3) is 0 Å². The minimum atomic E-state index is 1.06. The number of rotatable bonds is 6. The standard InChI is InChI=1S/C31H28N2/c1-32(26-15-7-3-8-16-26)27-21-23-29(24-22-27)33(28-17-9-4-10-18-28)31-20-12-11-19-30(31)25-13-5-2-6-14-25/h2-3,5-9,11-24H,4,10H2,1H3. The van der Waals surface area contributed by atoms with Gasteiger partial charge in [-0.1, -0.05) is 78.9 Å². The highest BCUT2D eigenvalue weighted by Gasteiger charge is 2.18. The smallest absolute Gasteiger partial charge is 0.0539 e. The lowest BCUT2D eigenvalue weighted by Crippen LogP contribution is -2.17. The van der Waals surface area contributed by atoms with Gasteiger partial charge in [-0.15, -0.1) is 0 Å². The van der Waals surface area contributed by atoms with Crippen molar-refractivity contribution in [2.75, 3.05) is 16.8 Å². The summed E-state index contributed by atoms with van der Waals surface area (Å²) in [6.07, 6.45) is 9.01. The van der Waals surface area contributed by atoms with Gasteiger partial charge in [-0.25, -0.2) is 0 Å². The first-order valence-corrected chi connectivity index (χ1v) is 11.5. The Balaban J connectivity index is 1.57. The van der Waals surface area contributed by atoms with Crippen LogP contribution in [0.15, 0.2) is 133 Å². The van der Waals surface area contributed by atoms with Gasteiger partial charge in [0.1, 0.15) is 0 Å². The fraction of sp³-hybridized carbons (Fsp3) is 0.0968. The van der Waals surface area contributed by atoms with Gasteiger partial charge in [0.15, 0.2) is 0 Å². The van der Waals surface area contributed by atoms with Crippen LogP contribution in [0.25, 0.3) is 11.1 Å². The molecule has 4 aromatic rings. The van der Waals surface area contributed by atoms with Crippen molar-refractivity contribution in [3.63, 3.8) is 0 Å². The van der Waals surface area contributed by atoms with Crippen molar-refractivity contribution in [1.29, 1.82) is 0 Å². The molecule has 0 spiro atoms. The monoisotopic (exact) mass is 428 g/mol. The Bertz CT molecular complexity index is 1260. The Labute approximate surface area is 196 Å². The second-order valence-electron chi connectivity index (χ2n) is 8.24. The molecule has 0 unspecified atom stereocenters. The van der Waals surface area contributed by atoms with E-state index in [9.17, 15) is 0 Å². The lowest BCUT2D eigenvalue weighted by molar-refractivity contribution is 0.997. The number of benzene rings is 4. The van der Waals surface area contributed by atoms with E-state index in [1.807, 2.05) is 6.07 Å². The Hall–Kier alpha value is -4.04. The third-order valence-corrected chi connectivity index (χ3v) is 6.10. The summed E-state index contributed by atoms with van der Waals surface area (Å²) in [4.78, 5) is 4.59. The van der Waals surface area contributed by atoms with Crippen LogP contribution in [0.2, 0.25) is 0 Å². The lowest BCUT2D eigenvalue weighted by Gasteiger charge is -2.30. The first-order chi connectivity index (χ1) is 16.3. The summed E-state index contributed by atoms with van der Waals surface area (Å²) >= 11 is 0. The predicted molar refractivity (Wildman–Crippen MR) is 141 cm³/mol. The van der Waals surface area contributed by atoms with Crippen LogP contribution in [-0.4, -0.2) is 7.05 Å². The van der Waals surface area contributed by atoms with E-state index >= 15 is 0 Å². The molecule has 0 N–H and O–H groups in total. The second kappa shape index (κ2) is 9.62. The van der Waals surface area contributed by atoms with Gasteiger partial charge in [0.2, 0.25) is 0 Å². The topological polar surface area (TPSA) is 6.48 Å². The summed E-state index contributed by atoms with van der Waals surface area (Å²) in [7, 11) is 2.11. The number of anilines is 4. The van der Waals surface area contributed by atoms with Crippen molar-refractivity contribution in [3.8, 4) is 11.1 Å². The third-order valence-electron chi connectivity index (χ3n) is 6.10. The summed E-state index contributed by atoms with van der Waals surface area (Å²) < 4.78 is 0. The molecule has 162 valence electrons. The SMILES string of the molecule is CN(c1ccccc1)c1ccc(N(C2=CCCC=C2)c2ccccc2-c2ccccc2)cc1. The molecule has 33 heavy (non-hydrogen) atoms. The fourth-order valence-electron chi connectivity index (χ4n) is 4.35. The summed E-state index contributed by atoms with van der Waals surface area (Å²) in [5.41, 5.74) is 8.34. The molecule has 2 heteroatoms. The van der Waals surface area contributed by atoms with E-state index < -0.39 is 0 Å². The van der Waals surface area contributed by atoms with Crippen LogP contribution in [0, 0.1) is 0 Å². The maximum absolute atomic E-state index is 2.38. The quantitative estimate of drug-likeness (QED) is 0.304. The van der Waals surface area contributed by atoms with Gasteiger partial charge in [-0.2, -0.15) is 0 Å². The molecule has 0 aromatic heterocycles. The highest BCUT2D eigenvalue weighted by Crippen LogP contribution is 2.39. The van der Waals surface area contributed by atoms with Gasteiger partial charge in [0, 0.05) is 35.4 Å². The molecule has 5 rings (SSSR count). The van der Waals surface area contributed by atoms with Gasteiger partial charge in [0.05, 0.1) is 5.69 Å². The molecule has 0 radical (unpaired) electrons. The van der Waals surface area contributed by atoms with Crippen LogP contribution >= 0.6 is 0 Å². The van der Waals surface area contributed by atoms with Crippen molar-refractivity contribution in [2.24, 2.45) is 0 Å². The van der Waals surface area contributed by atoms with Crippen molar-refractivity contribution >= 4 is 22.7 Å². The number of hydrogen-bond acceptors (Lipinski definition) is 2. The molecule has 0 atom stereocenters. The van der Waals surface area contributed by atoms with E-state index in [0.717, 1.165) is 24.2 Å². The van der Waals surface area contributed by atoms with Crippen molar-refractivity contribution < 1.29 is 0 Å². The lowest BCUT2D eigenvalue weighted by atomic mass is 10.0. The minimum Gasteiger partial charge on any atom is -0.345 e. The van der Waals surface area contributed by atoms with E-state index in [1.54, 1.807) is 0 Å². The number of nitrogens with zero attached hydrogens (tertiary/aromatic N) is 2. The van der Waals surface area contributed by atoms with E-state index in [1.165, 1.54) is 28.2 Å². The van der Waals surface area contributed by atoms with Gasteiger partial charge >= 0.3 is 0 Å². The number of hydrogen-bond donors (Lipinski definition) is 0. The van der Waals surface area contributed by atoms with E-state index in [2.05, 4.69) is 138 Å². The van der Waals surface area contributed by atoms with Crippen LogP contribution in [0.3, 0.4) is 0 Å². The zero-order valence-corrected chi connectivity index (χ0v) is 18.9. The summed E-state index contributed by atoms with van der Waals surface area (Å²) in [5, 5.41) is 0. The van der Waals surface area contributed by atoms with Gasteiger partial charge in [-0.05, 0) is 66.9 Å². The van der Waals surface area contributed by atoms with E-state index in [-0.39, 0.29) is 0 Å². The molecule has 0 fully saturated rings. The number of allylic oxidation sites excluding steroid dienone is 3. The maximum atomic E-state index is 2.38. The first kappa shape index (κ1) is 20.8. The Kier molecular flexibility index (Phi) is 6.08.